The summed E-state index contributed by atoms with van der Waals surface area (Å²) in [5.74, 6) is 0.501. The maximum absolute atomic E-state index is 10.6. The van der Waals surface area contributed by atoms with Crippen LogP contribution in [-0.2, 0) is 0 Å². The lowest BCUT2D eigenvalue weighted by molar-refractivity contribution is -0.384. The van der Waals surface area contributed by atoms with Gasteiger partial charge < -0.3 is 10.1 Å². The molecule has 0 spiro atoms. The van der Waals surface area contributed by atoms with Crippen molar-refractivity contribution in [2.45, 2.75) is 0 Å². The molecule has 0 atom stereocenters. The van der Waals surface area contributed by atoms with Gasteiger partial charge in [-0.15, -0.1) is 0 Å². The highest BCUT2D eigenvalue weighted by Crippen LogP contribution is 2.25. The molecule has 1 aromatic rings. The Morgan fingerprint density at radius 2 is 2.31 bits per heavy atom. The Kier molecular flexibility index (Phi) is 4.47. The maximum Gasteiger partial charge on any atom is 0.273 e. The monoisotopic (exact) mass is 222 g/mol. The van der Waals surface area contributed by atoms with Crippen molar-refractivity contribution in [3.63, 3.8) is 0 Å². The first-order valence-electron chi connectivity index (χ1n) is 4.82. The van der Waals surface area contributed by atoms with Crippen LogP contribution in [0, 0.1) is 10.1 Å². The highest BCUT2D eigenvalue weighted by molar-refractivity contribution is 5.60. The molecule has 86 valence electrons. The van der Waals surface area contributed by atoms with Crippen molar-refractivity contribution < 1.29 is 9.66 Å². The molecule has 0 aliphatic rings. The van der Waals surface area contributed by atoms with Crippen molar-refractivity contribution in [1.29, 1.82) is 0 Å². The molecular formula is C11H14N2O3. The van der Waals surface area contributed by atoms with Crippen molar-refractivity contribution >= 4 is 11.8 Å². The summed E-state index contributed by atoms with van der Waals surface area (Å²) in [6.45, 7) is 0.736. The molecule has 0 saturated carbocycles. The van der Waals surface area contributed by atoms with E-state index in [2.05, 4.69) is 5.32 Å². The topological polar surface area (TPSA) is 64.4 Å². The van der Waals surface area contributed by atoms with Gasteiger partial charge >= 0.3 is 0 Å². The molecule has 0 fully saturated rings. The quantitative estimate of drug-likeness (QED) is 0.609. The molecule has 0 bridgehead atoms. The predicted octanol–water partition coefficient (Wildman–Crippen LogP) is 1.84. The fourth-order valence-electron chi connectivity index (χ4n) is 1.25. The van der Waals surface area contributed by atoms with E-state index in [0.29, 0.717) is 5.75 Å². The highest BCUT2D eigenvalue weighted by atomic mass is 16.6. The van der Waals surface area contributed by atoms with Crippen LogP contribution in [0.5, 0.6) is 5.75 Å². The second kappa shape index (κ2) is 5.87. The molecule has 0 saturated heterocycles. The molecule has 1 rings (SSSR count). The van der Waals surface area contributed by atoms with Crippen molar-refractivity contribution in [3.05, 3.63) is 40.0 Å². The Morgan fingerprint density at radius 3 is 2.88 bits per heavy atom. The molecule has 0 unspecified atom stereocenters. The number of rotatable bonds is 5. The largest absolute Gasteiger partial charge is 0.496 e. The number of benzene rings is 1. The van der Waals surface area contributed by atoms with Crippen LogP contribution < -0.4 is 10.1 Å². The van der Waals surface area contributed by atoms with Crippen LogP contribution in [-0.4, -0.2) is 25.6 Å². The zero-order chi connectivity index (χ0) is 12.0. The highest BCUT2D eigenvalue weighted by Gasteiger charge is 2.09. The second-order valence-corrected chi connectivity index (χ2v) is 3.14. The molecule has 0 radical (unpaired) electrons. The molecule has 0 amide bonds. The molecule has 5 nitrogen and oxygen atoms in total. The van der Waals surface area contributed by atoms with Crippen molar-refractivity contribution in [2.75, 3.05) is 20.7 Å². The first-order valence-corrected chi connectivity index (χ1v) is 4.82. The summed E-state index contributed by atoms with van der Waals surface area (Å²) in [7, 11) is 3.34. The van der Waals surface area contributed by atoms with E-state index >= 15 is 0 Å². The van der Waals surface area contributed by atoms with Crippen molar-refractivity contribution in [3.8, 4) is 5.75 Å². The summed E-state index contributed by atoms with van der Waals surface area (Å²) in [6.07, 6.45) is 3.78. The third-order valence-electron chi connectivity index (χ3n) is 2.05. The molecule has 0 aliphatic carbocycles. The van der Waals surface area contributed by atoms with E-state index in [1.807, 2.05) is 19.2 Å². The van der Waals surface area contributed by atoms with Gasteiger partial charge in [0.1, 0.15) is 5.75 Å². The molecule has 5 heteroatoms. The van der Waals surface area contributed by atoms with E-state index in [1.54, 1.807) is 6.07 Å². The third kappa shape index (κ3) is 3.06. The Balaban J connectivity index is 2.97. The number of hydrogen-bond donors (Lipinski definition) is 1. The van der Waals surface area contributed by atoms with Gasteiger partial charge in [-0.2, -0.15) is 0 Å². The van der Waals surface area contributed by atoms with Crippen LogP contribution in [0.25, 0.3) is 6.08 Å². The summed E-state index contributed by atoms with van der Waals surface area (Å²) < 4.78 is 5.09. The molecule has 16 heavy (non-hydrogen) atoms. The molecule has 1 aromatic carbocycles. The van der Waals surface area contributed by atoms with Gasteiger partial charge in [0.05, 0.1) is 18.1 Å². The minimum Gasteiger partial charge on any atom is -0.496 e. The van der Waals surface area contributed by atoms with Crippen molar-refractivity contribution in [1.82, 2.24) is 5.32 Å². The predicted molar refractivity (Wildman–Crippen MR) is 62.6 cm³/mol. The van der Waals surface area contributed by atoms with Crippen LogP contribution >= 0.6 is 0 Å². The van der Waals surface area contributed by atoms with Gasteiger partial charge in [-0.1, -0.05) is 12.2 Å². The summed E-state index contributed by atoms with van der Waals surface area (Å²) >= 11 is 0. The summed E-state index contributed by atoms with van der Waals surface area (Å²) in [4.78, 5) is 10.1. The van der Waals surface area contributed by atoms with Gasteiger partial charge in [-0.05, 0) is 13.1 Å². The van der Waals surface area contributed by atoms with Gasteiger partial charge in [-0.25, -0.2) is 0 Å². The average molecular weight is 222 g/mol. The lowest BCUT2D eigenvalue weighted by Gasteiger charge is -2.04. The van der Waals surface area contributed by atoms with E-state index in [1.165, 1.54) is 19.2 Å². The van der Waals surface area contributed by atoms with Crippen LogP contribution in [0.4, 0.5) is 5.69 Å². The number of likely N-dealkylation sites (N-methyl/N-ethyl adjacent to an activating group) is 1. The number of non-ortho nitro benzene ring substituents is 1. The van der Waals surface area contributed by atoms with Crippen LogP contribution in [0.1, 0.15) is 5.56 Å². The third-order valence-corrected chi connectivity index (χ3v) is 2.05. The standard InChI is InChI=1S/C11H14N2O3/c1-12-7-3-4-9-5-6-10(13(14)15)8-11(9)16-2/h3-6,8,12H,7H2,1-2H3. The molecule has 0 aromatic heterocycles. The van der Waals surface area contributed by atoms with Crippen LogP contribution in [0.15, 0.2) is 24.3 Å². The minimum absolute atomic E-state index is 0.0302. The Bertz CT molecular complexity index is 402. The summed E-state index contributed by atoms with van der Waals surface area (Å²) in [5, 5.41) is 13.5. The number of nitro groups is 1. The zero-order valence-electron chi connectivity index (χ0n) is 9.27. The van der Waals surface area contributed by atoms with E-state index in [-0.39, 0.29) is 5.69 Å². The van der Waals surface area contributed by atoms with Gasteiger partial charge in [0.2, 0.25) is 0 Å². The normalized spacial score (nSPS) is 10.6. The van der Waals surface area contributed by atoms with Crippen molar-refractivity contribution in [2.24, 2.45) is 0 Å². The number of nitrogens with one attached hydrogen (secondary N) is 1. The van der Waals surface area contributed by atoms with Crippen LogP contribution in [0.2, 0.25) is 0 Å². The van der Waals surface area contributed by atoms with Gasteiger partial charge in [0.15, 0.2) is 0 Å². The van der Waals surface area contributed by atoms with E-state index in [0.717, 1.165) is 12.1 Å². The lowest BCUT2D eigenvalue weighted by Crippen LogP contribution is -2.03. The number of methoxy groups -OCH3 is 1. The van der Waals surface area contributed by atoms with Gasteiger partial charge in [0.25, 0.3) is 5.69 Å². The number of ether oxygens (including phenoxy) is 1. The first-order chi connectivity index (χ1) is 7.69. The molecule has 0 heterocycles. The SMILES string of the molecule is CNCC=Cc1ccc([N+](=O)[O-])cc1OC. The molecule has 1 N–H and O–H groups in total. The number of hydrogen-bond acceptors (Lipinski definition) is 4. The number of nitro benzene ring substituents is 1. The smallest absolute Gasteiger partial charge is 0.273 e. The fraction of sp³-hybridized carbons (Fsp3) is 0.273. The number of nitrogens with zero attached hydrogens (tertiary/aromatic N) is 1. The first kappa shape index (κ1) is 12.2. The summed E-state index contributed by atoms with van der Waals surface area (Å²) in [5.41, 5.74) is 0.853. The van der Waals surface area contributed by atoms with E-state index in [4.69, 9.17) is 4.74 Å². The van der Waals surface area contributed by atoms with Gasteiger partial charge in [-0.3, -0.25) is 10.1 Å². The fourth-order valence-corrected chi connectivity index (χ4v) is 1.25. The van der Waals surface area contributed by atoms with E-state index < -0.39 is 4.92 Å². The minimum atomic E-state index is -0.441. The Hall–Kier alpha value is -1.88. The summed E-state index contributed by atoms with van der Waals surface area (Å²) in [6, 6.07) is 4.55. The maximum atomic E-state index is 10.6. The Labute approximate surface area is 93.9 Å². The lowest BCUT2D eigenvalue weighted by atomic mass is 10.1. The van der Waals surface area contributed by atoms with Crippen LogP contribution in [0.3, 0.4) is 0 Å². The Morgan fingerprint density at radius 1 is 1.56 bits per heavy atom. The molecular weight excluding hydrogens is 208 g/mol. The second-order valence-electron chi connectivity index (χ2n) is 3.14. The average Bonchev–Trinajstić information content (AvgIpc) is 2.29. The van der Waals surface area contributed by atoms with E-state index in [9.17, 15) is 10.1 Å². The van der Waals surface area contributed by atoms with Gasteiger partial charge in [0, 0.05) is 18.2 Å². The molecule has 0 aliphatic heterocycles. The zero-order valence-corrected chi connectivity index (χ0v) is 9.27.